The minimum Gasteiger partial charge on any atom is -0.351 e. The molecule has 2 aromatic rings. The van der Waals surface area contributed by atoms with Crippen molar-refractivity contribution in [1.29, 1.82) is 0 Å². The zero-order valence-electron chi connectivity index (χ0n) is 16.9. The van der Waals surface area contributed by atoms with Gasteiger partial charge < -0.3 is 5.32 Å². The molecule has 0 fully saturated rings. The van der Waals surface area contributed by atoms with E-state index in [2.05, 4.69) is 11.4 Å². The number of hydrogen-bond acceptors (Lipinski definition) is 3. The van der Waals surface area contributed by atoms with E-state index in [0.717, 1.165) is 36.0 Å². The highest BCUT2D eigenvalue weighted by atomic mass is 32.2. The van der Waals surface area contributed by atoms with E-state index in [1.165, 1.54) is 16.3 Å². The minimum absolute atomic E-state index is 0.222. The number of carbonyl (C=O) groups excluding carboxylic acids is 1. The van der Waals surface area contributed by atoms with Crippen LogP contribution in [0.4, 0.5) is 5.69 Å². The highest BCUT2D eigenvalue weighted by Crippen LogP contribution is 2.45. The van der Waals surface area contributed by atoms with E-state index in [-0.39, 0.29) is 17.3 Å². The van der Waals surface area contributed by atoms with Gasteiger partial charge in [0.15, 0.2) is 0 Å². The van der Waals surface area contributed by atoms with Crippen LogP contribution in [0.2, 0.25) is 0 Å². The molecule has 2 aromatic carbocycles. The Hall–Kier alpha value is -2.60. The molecule has 0 radical (unpaired) electrons. The Bertz CT molecular complexity index is 1100. The predicted octanol–water partition coefficient (Wildman–Crippen LogP) is 4.10. The van der Waals surface area contributed by atoms with Crippen molar-refractivity contribution in [1.82, 2.24) is 5.32 Å². The van der Waals surface area contributed by atoms with Crippen LogP contribution in [-0.2, 0) is 14.8 Å². The second kappa shape index (κ2) is 7.67. The van der Waals surface area contributed by atoms with Crippen molar-refractivity contribution in [2.45, 2.75) is 44.4 Å². The fourth-order valence-corrected chi connectivity index (χ4v) is 5.90. The summed E-state index contributed by atoms with van der Waals surface area (Å²) in [6.45, 7) is 4.19. The van der Waals surface area contributed by atoms with Crippen molar-refractivity contribution in [3.63, 3.8) is 0 Å². The van der Waals surface area contributed by atoms with Crippen LogP contribution in [0.3, 0.4) is 0 Å². The first kappa shape index (κ1) is 19.7. The molecule has 1 aliphatic carbocycles. The summed E-state index contributed by atoms with van der Waals surface area (Å²) in [5, 5.41) is 2.91. The Balaban J connectivity index is 1.68. The molecule has 0 atom stereocenters. The Kier molecular flexibility index (Phi) is 5.21. The molecule has 1 amide bonds. The lowest BCUT2D eigenvalue weighted by Gasteiger charge is -2.33. The van der Waals surface area contributed by atoms with Gasteiger partial charge in [-0.15, -0.1) is 0 Å². The third-order valence-electron chi connectivity index (χ3n) is 5.64. The van der Waals surface area contributed by atoms with Gasteiger partial charge in [-0.3, -0.25) is 9.10 Å². The van der Waals surface area contributed by atoms with Crippen LogP contribution in [-0.4, -0.2) is 27.4 Å². The number of sulfonamides is 1. The number of benzene rings is 2. The molecule has 29 heavy (non-hydrogen) atoms. The molecule has 152 valence electrons. The monoisotopic (exact) mass is 410 g/mol. The van der Waals surface area contributed by atoms with Crippen LogP contribution >= 0.6 is 0 Å². The molecule has 0 bridgehead atoms. The summed E-state index contributed by atoms with van der Waals surface area (Å²) < 4.78 is 28.0. The summed E-state index contributed by atoms with van der Waals surface area (Å²) in [6.07, 6.45) is 6.56. The first-order valence-corrected chi connectivity index (χ1v) is 11.5. The van der Waals surface area contributed by atoms with E-state index in [1.54, 1.807) is 12.1 Å². The molecule has 4 rings (SSSR count). The van der Waals surface area contributed by atoms with E-state index in [1.807, 2.05) is 38.1 Å². The number of carbonyl (C=O) groups is 1. The zero-order valence-corrected chi connectivity index (χ0v) is 17.7. The maximum absolute atomic E-state index is 13.4. The summed E-state index contributed by atoms with van der Waals surface area (Å²) in [5.41, 5.74) is 5.35. The number of rotatable bonds is 4. The first-order valence-electron chi connectivity index (χ1n) is 10.1. The van der Waals surface area contributed by atoms with Gasteiger partial charge in [-0.05, 0) is 62.8 Å². The number of hydrogen-bond donors (Lipinski definition) is 1. The minimum atomic E-state index is -3.81. The zero-order chi connectivity index (χ0) is 20.6. The molecular weight excluding hydrogens is 384 g/mol. The van der Waals surface area contributed by atoms with E-state index in [4.69, 9.17) is 0 Å². The molecule has 0 aromatic heterocycles. The van der Waals surface area contributed by atoms with Crippen molar-refractivity contribution >= 4 is 21.6 Å². The standard InChI is InChI=1S/C23H26N2O3S/c1-16-12-17(2)23-19-10-6-7-11-21(19)29(27,28)25(20(23)13-16)15-22(26)24-14-18-8-4-3-5-9-18/h6-8,10-13H,3-5,9,14-15H2,1-2H3,(H,24,26). The maximum atomic E-state index is 13.4. The highest BCUT2D eigenvalue weighted by Gasteiger charge is 2.36. The van der Waals surface area contributed by atoms with Crippen LogP contribution in [0.15, 0.2) is 52.9 Å². The van der Waals surface area contributed by atoms with Gasteiger partial charge in [0, 0.05) is 17.7 Å². The average Bonchev–Trinajstić information content (AvgIpc) is 2.70. The molecule has 0 unspecified atom stereocenters. The molecule has 6 heteroatoms. The fraction of sp³-hybridized carbons (Fsp3) is 0.348. The number of allylic oxidation sites excluding steroid dienone is 1. The highest BCUT2D eigenvalue weighted by molar-refractivity contribution is 7.93. The normalized spacial score (nSPS) is 17.2. The molecule has 5 nitrogen and oxygen atoms in total. The Morgan fingerprint density at radius 3 is 2.69 bits per heavy atom. The molecule has 1 aliphatic heterocycles. The van der Waals surface area contributed by atoms with Gasteiger partial charge in [0.1, 0.15) is 6.54 Å². The number of nitrogens with zero attached hydrogens (tertiary/aromatic N) is 1. The number of amides is 1. The summed E-state index contributed by atoms with van der Waals surface area (Å²) in [6, 6.07) is 10.9. The van der Waals surface area contributed by atoms with Gasteiger partial charge in [-0.25, -0.2) is 8.42 Å². The van der Waals surface area contributed by atoms with Gasteiger partial charge in [0.25, 0.3) is 10.0 Å². The second-order valence-corrected chi connectivity index (χ2v) is 9.70. The van der Waals surface area contributed by atoms with Gasteiger partial charge in [-0.1, -0.05) is 35.9 Å². The largest absolute Gasteiger partial charge is 0.351 e. The van der Waals surface area contributed by atoms with Crippen LogP contribution in [0, 0.1) is 13.8 Å². The molecule has 0 saturated carbocycles. The Morgan fingerprint density at radius 1 is 1.14 bits per heavy atom. The number of aryl methyl sites for hydroxylation is 2. The van der Waals surface area contributed by atoms with Crippen molar-refractivity contribution in [2.75, 3.05) is 17.4 Å². The summed E-state index contributed by atoms with van der Waals surface area (Å²) in [4.78, 5) is 12.9. The van der Waals surface area contributed by atoms with Crippen LogP contribution in [0.5, 0.6) is 0 Å². The van der Waals surface area contributed by atoms with Gasteiger partial charge in [0.2, 0.25) is 5.91 Å². The fourth-order valence-electron chi connectivity index (χ4n) is 4.27. The first-order chi connectivity index (χ1) is 13.9. The van der Waals surface area contributed by atoms with Gasteiger partial charge >= 0.3 is 0 Å². The van der Waals surface area contributed by atoms with Crippen LogP contribution < -0.4 is 9.62 Å². The second-order valence-electron chi connectivity index (χ2n) is 7.87. The number of nitrogens with one attached hydrogen (secondary N) is 1. The Labute approximate surface area is 172 Å². The molecule has 1 heterocycles. The third-order valence-corrected chi connectivity index (χ3v) is 7.45. The van der Waals surface area contributed by atoms with E-state index in [9.17, 15) is 13.2 Å². The molecule has 2 aliphatic rings. The van der Waals surface area contributed by atoms with Gasteiger partial charge in [-0.2, -0.15) is 0 Å². The molecule has 1 N–H and O–H groups in total. The quantitative estimate of drug-likeness (QED) is 0.772. The van der Waals surface area contributed by atoms with Gasteiger partial charge in [0.05, 0.1) is 10.6 Å². The van der Waals surface area contributed by atoms with E-state index < -0.39 is 10.0 Å². The van der Waals surface area contributed by atoms with Crippen LogP contribution in [0.1, 0.15) is 36.8 Å². The smallest absolute Gasteiger partial charge is 0.265 e. The van der Waals surface area contributed by atoms with Crippen molar-refractivity contribution in [2.24, 2.45) is 0 Å². The SMILES string of the molecule is Cc1cc(C)c2c(c1)N(CC(=O)NCC1=CCCCC1)S(=O)(=O)c1ccccc1-2. The molecular formula is C23H26N2O3S. The topological polar surface area (TPSA) is 66.5 Å². The van der Waals surface area contributed by atoms with Crippen molar-refractivity contribution in [3.8, 4) is 11.1 Å². The molecule has 0 spiro atoms. The number of fused-ring (bicyclic) bond motifs is 3. The summed E-state index contributed by atoms with van der Waals surface area (Å²) in [7, 11) is -3.81. The maximum Gasteiger partial charge on any atom is 0.265 e. The lowest BCUT2D eigenvalue weighted by molar-refractivity contribution is -0.119. The third kappa shape index (κ3) is 3.69. The lowest BCUT2D eigenvalue weighted by atomic mass is 9.96. The van der Waals surface area contributed by atoms with Crippen molar-refractivity contribution in [3.05, 3.63) is 59.2 Å². The number of anilines is 1. The summed E-state index contributed by atoms with van der Waals surface area (Å²) in [5.74, 6) is -0.287. The summed E-state index contributed by atoms with van der Waals surface area (Å²) >= 11 is 0. The predicted molar refractivity (Wildman–Crippen MR) is 115 cm³/mol. The molecule has 0 saturated heterocycles. The Morgan fingerprint density at radius 2 is 1.93 bits per heavy atom. The average molecular weight is 411 g/mol. The van der Waals surface area contributed by atoms with Crippen molar-refractivity contribution < 1.29 is 13.2 Å². The lowest BCUT2D eigenvalue weighted by Crippen LogP contribution is -2.43. The van der Waals surface area contributed by atoms with E-state index in [0.29, 0.717) is 17.8 Å². The van der Waals surface area contributed by atoms with Crippen LogP contribution in [0.25, 0.3) is 11.1 Å². The van der Waals surface area contributed by atoms with E-state index >= 15 is 0 Å².